The van der Waals surface area contributed by atoms with Crippen LogP contribution in [0.25, 0.3) is 0 Å². The second-order valence-corrected chi connectivity index (χ2v) is 5.43. The topological polar surface area (TPSA) is 55.8 Å². The predicted molar refractivity (Wildman–Crippen MR) is 62.7 cm³/mol. The van der Waals surface area contributed by atoms with Crippen LogP contribution in [0.2, 0.25) is 0 Å². The van der Waals surface area contributed by atoms with Crippen molar-refractivity contribution < 1.29 is 27.5 Å². The molecule has 100 valence electrons. The van der Waals surface area contributed by atoms with Crippen LogP contribution in [0.1, 0.15) is 5.56 Å². The van der Waals surface area contributed by atoms with Crippen LogP contribution in [-0.4, -0.2) is 19.3 Å². The van der Waals surface area contributed by atoms with Gasteiger partial charge < -0.3 is 14.2 Å². The highest BCUT2D eigenvalue weighted by atomic mass is 31.2. The van der Waals surface area contributed by atoms with Crippen molar-refractivity contribution in [2.45, 2.75) is 5.92 Å². The van der Waals surface area contributed by atoms with E-state index in [1.54, 1.807) is 6.07 Å². The lowest BCUT2D eigenvalue weighted by atomic mass is 10.1. The van der Waals surface area contributed by atoms with Crippen LogP contribution in [-0.2, 0) is 19.5 Å². The van der Waals surface area contributed by atoms with Gasteiger partial charge in [-0.05, 0) is 0 Å². The smallest absolute Gasteiger partial charge is 0.357 e. The van der Waals surface area contributed by atoms with E-state index in [1.807, 2.05) is 0 Å². The second-order valence-electron chi connectivity index (χ2n) is 3.36. The number of allylic oxidation sites excluding steroid dienone is 1. The number of aliphatic hydroxyl groups is 1. The van der Waals surface area contributed by atoms with Crippen LogP contribution < -0.4 is 0 Å². The number of benzene rings is 1. The van der Waals surface area contributed by atoms with Crippen LogP contribution in [0.3, 0.4) is 0 Å². The number of hydrogen-bond acceptors (Lipinski definition) is 4. The number of aliphatic hydroxyl groups excluding tert-OH is 1. The molecule has 0 unspecified atom stereocenters. The Morgan fingerprint density at radius 1 is 1.28 bits per heavy atom. The molecule has 18 heavy (non-hydrogen) atoms. The van der Waals surface area contributed by atoms with Crippen molar-refractivity contribution in [1.29, 1.82) is 0 Å². The predicted octanol–water partition coefficient (Wildman–Crippen LogP) is 3.66. The van der Waals surface area contributed by atoms with E-state index in [0.29, 0.717) is 5.82 Å². The zero-order valence-corrected chi connectivity index (χ0v) is 10.7. The van der Waals surface area contributed by atoms with Crippen LogP contribution in [0.5, 0.6) is 0 Å². The molecule has 1 rings (SSSR count). The number of rotatable bonds is 5. The van der Waals surface area contributed by atoms with Crippen molar-refractivity contribution in [2.24, 2.45) is 0 Å². The third-order valence-corrected chi connectivity index (χ3v) is 3.83. The largest absolute Gasteiger partial charge is 0.506 e. The molecule has 0 fully saturated rings. The summed E-state index contributed by atoms with van der Waals surface area (Å²) in [7, 11) is -1.77. The summed E-state index contributed by atoms with van der Waals surface area (Å²) in [6.07, 6.45) is 0. The molecule has 0 bridgehead atoms. The van der Waals surface area contributed by atoms with E-state index in [2.05, 4.69) is 9.05 Å². The fourth-order valence-corrected chi connectivity index (χ4v) is 2.03. The highest BCUT2D eigenvalue weighted by molar-refractivity contribution is 7.57. The van der Waals surface area contributed by atoms with Gasteiger partial charge in [-0.1, -0.05) is 30.3 Å². The van der Waals surface area contributed by atoms with Crippen LogP contribution in [0.4, 0.5) is 8.78 Å². The fourth-order valence-electron chi connectivity index (χ4n) is 1.21. The van der Waals surface area contributed by atoms with E-state index in [4.69, 9.17) is 0 Å². The van der Waals surface area contributed by atoms with E-state index in [0.717, 1.165) is 26.4 Å². The molecule has 1 aromatic carbocycles. The molecule has 7 heteroatoms. The summed E-state index contributed by atoms with van der Waals surface area (Å²) in [6.45, 7) is 0. The number of halogens is 2. The molecule has 1 N–H and O–H groups in total. The van der Waals surface area contributed by atoms with E-state index < -0.39 is 24.8 Å². The van der Waals surface area contributed by atoms with Gasteiger partial charge in [-0.15, -0.1) is 0 Å². The lowest BCUT2D eigenvalue weighted by molar-refractivity contribution is -0.00509. The first-order valence-corrected chi connectivity index (χ1v) is 6.54. The second kappa shape index (κ2) is 5.61. The Bertz CT molecular complexity index is 465. The van der Waals surface area contributed by atoms with Gasteiger partial charge >= 0.3 is 13.5 Å². The average Bonchev–Trinajstić information content (AvgIpc) is 2.39. The summed E-state index contributed by atoms with van der Waals surface area (Å²) in [4.78, 5) is 0. The minimum Gasteiger partial charge on any atom is -0.506 e. The summed E-state index contributed by atoms with van der Waals surface area (Å²) in [5.74, 6) is -4.63. The average molecular weight is 278 g/mol. The first-order valence-electron chi connectivity index (χ1n) is 4.92. The Morgan fingerprint density at radius 2 is 1.78 bits per heavy atom. The van der Waals surface area contributed by atoms with E-state index >= 15 is 0 Å². The SMILES string of the molecule is COP(=O)(/C=C(\O)C(F)(F)c1ccccc1)OC. The Kier molecular flexibility index (Phi) is 4.62. The monoisotopic (exact) mass is 278 g/mol. The van der Waals surface area contributed by atoms with E-state index in [1.165, 1.54) is 12.1 Å². The van der Waals surface area contributed by atoms with E-state index in [9.17, 15) is 18.5 Å². The minimum atomic E-state index is -3.85. The van der Waals surface area contributed by atoms with Crippen molar-refractivity contribution in [3.8, 4) is 0 Å². The molecule has 0 amide bonds. The molecule has 0 saturated heterocycles. The molecular formula is C11H13F2O4P. The standard InChI is InChI=1S/C11H13F2O4P/c1-16-18(15,17-2)8-10(14)11(12,13)9-6-4-3-5-7-9/h3-8,14H,1-2H3/b10-8-. The molecule has 0 heterocycles. The van der Waals surface area contributed by atoms with Crippen molar-refractivity contribution in [1.82, 2.24) is 0 Å². The van der Waals surface area contributed by atoms with Crippen molar-refractivity contribution in [3.63, 3.8) is 0 Å². The highest BCUT2D eigenvalue weighted by Crippen LogP contribution is 2.51. The maximum Gasteiger partial charge on any atom is 0.357 e. The Labute approximate surface area is 103 Å². The van der Waals surface area contributed by atoms with Gasteiger partial charge in [0.05, 0.1) is 5.82 Å². The lowest BCUT2D eigenvalue weighted by Gasteiger charge is -2.17. The van der Waals surface area contributed by atoms with Crippen LogP contribution >= 0.6 is 7.60 Å². The van der Waals surface area contributed by atoms with Gasteiger partial charge in [0.25, 0.3) is 0 Å². The van der Waals surface area contributed by atoms with Gasteiger partial charge in [0.1, 0.15) is 0 Å². The molecule has 4 nitrogen and oxygen atoms in total. The van der Waals surface area contributed by atoms with Crippen LogP contribution in [0, 0.1) is 0 Å². The minimum absolute atomic E-state index is 0.403. The third-order valence-electron chi connectivity index (χ3n) is 2.25. The Morgan fingerprint density at radius 3 is 2.22 bits per heavy atom. The summed E-state index contributed by atoms with van der Waals surface area (Å²) in [6, 6.07) is 6.67. The highest BCUT2D eigenvalue weighted by Gasteiger charge is 2.39. The first-order chi connectivity index (χ1) is 8.35. The lowest BCUT2D eigenvalue weighted by Crippen LogP contribution is -2.16. The molecular weight excluding hydrogens is 265 g/mol. The molecule has 0 aliphatic carbocycles. The maximum atomic E-state index is 13.8. The normalized spacial score (nSPS) is 13.7. The summed E-state index contributed by atoms with van der Waals surface area (Å²) < 4.78 is 48.1. The molecule has 0 saturated carbocycles. The quantitative estimate of drug-likeness (QED) is 0.659. The zero-order chi connectivity index (χ0) is 13.8. The molecule has 0 radical (unpaired) electrons. The fraction of sp³-hybridized carbons (Fsp3) is 0.273. The van der Waals surface area contributed by atoms with Gasteiger partial charge in [-0.2, -0.15) is 8.78 Å². The molecule has 1 aromatic rings. The Hall–Kier alpha value is -1.23. The molecule has 0 aliphatic heterocycles. The summed E-state index contributed by atoms with van der Waals surface area (Å²) in [5.41, 5.74) is -0.419. The van der Waals surface area contributed by atoms with E-state index in [-0.39, 0.29) is 0 Å². The van der Waals surface area contributed by atoms with Gasteiger partial charge in [-0.25, -0.2) is 0 Å². The summed E-state index contributed by atoms with van der Waals surface area (Å²) >= 11 is 0. The Balaban J connectivity index is 3.13. The van der Waals surface area contributed by atoms with Crippen molar-refractivity contribution >= 4 is 7.60 Å². The van der Waals surface area contributed by atoms with Gasteiger partial charge in [0.2, 0.25) is 0 Å². The maximum absolute atomic E-state index is 13.8. The van der Waals surface area contributed by atoms with Crippen molar-refractivity contribution in [3.05, 3.63) is 47.5 Å². The van der Waals surface area contributed by atoms with Gasteiger partial charge in [0.15, 0.2) is 5.76 Å². The first kappa shape index (κ1) is 14.8. The summed E-state index contributed by atoms with van der Waals surface area (Å²) in [5, 5.41) is 9.41. The number of alkyl halides is 2. The third kappa shape index (κ3) is 3.16. The number of hydrogen-bond donors (Lipinski definition) is 1. The van der Waals surface area contributed by atoms with Gasteiger partial charge in [0, 0.05) is 19.8 Å². The molecule has 0 aromatic heterocycles. The van der Waals surface area contributed by atoms with Gasteiger partial charge in [-0.3, -0.25) is 4.57 Å². The van der Waals surface area contributed by atoms with Crippen LogP contribution in [0.15, 0.2) is 41.9 Å². The molecule has 0 aliphatic rings. The molecule has 0 spiro atoms. The molecule has 0 atom stereocenters. The zero-order valence-electron chi connectivity index (χ0n) is 9.84. The van der Waals surface area contributed by atoms with Crippen molar-refractivity contribution in [2.75, 3.05) is 14.2 Å².